The largest absolute Gasteiger partial charge is 0.457 e. The summed E-state index contributed by atoms with van der Waals surface area (Å²) in [6.07, 6.45) is 2.11. The summed E-state index contributed by atoms with van der Waals surface area (Å²) in [5, 5.41) is 0. The van der Waals surface area contributed by atoms with E-state index in [1.807, 2.05) is 72.7 Å². The van der Waals surface area contributed by atoms with Gasteiger partial charge in [-0.05, 0) is 191 Å². The topological polar surface area (TPSA) is 208 Å². The molecule has 19 heteroatoms. The molecule has 494 valence electrons. The Labute approximate surface area is 560 Å². The van der Waals surface area contributed by atoms with E-state index >= 15 is 0 Å². The van der Waals surface area contributed by atoms with E-state index < -0.39 is 49.7 Å². The van der Waals surface area contributed by atoms with Gasteiger partial charge < -0.3 is 9.47 Å². The zero-order valence-corrected chi connectivity index (χ0v) is 58.5. The second kappa shape index (κ2) is 30.3. The Morgan fingerprint density at radius 3 is 0.737 bits per heavy atom. The van der Waals surface area contributed by atoms with E-state index in [2.05, 4.69) is 112 Å². The molecule has 0 aromatic heterocycles. The van der Waals surface area contributed by atoms with Crippen molar-refractivity contribution >= 4 is 60.9 Å². The molecule has 0 radical (unpaired) electrons. The molecule has 0 heterocycles. The van der Waals surface area contributed by atoms with Crippen LogP contribution >= 0.6 is 0 Å². The first kappa shape index (κ1) is 72.0. The van der Waals surface area contributed by atoms with Gasteiger partial charge >= 0.3 is 0 Å². The molecule has 0 unspecified atom stereocenters. The van der Waals surface area contributed by atoms with Crippen LogP contribution in [0.25, 0.3) is 22.3 Å². The molecule has 0 aliphatic carbocycles. The molecule has 0 aliphatic heterocycles. The summed E-state index contributed by atoms with van der Waals surface area (Å²) in [6.45, 7) is 15.9. The van der Waals surface area contributed by atoms with Crippen molar-refractivity contribution in [1.29, 1.82) is 0 Å². The maximum Gasteiger partial charge on any atom is 0.264 e. The predicted molar refractivity (Wildman–Crippen MR) is 375 cm³/mol. The molecule has 0 aliphatic rings. The summed E-state index contributed by atoms with van der Waals surface area (Å²) < 4.78 is 144. The van der Waals surface area contributed by atoms with Crippen LogP contribution in [-0.2, 0) is 58.1 Å². The number of benzene rings is 10. The van der Waals surface area contributed by atoms with Crippen molar-refractivity contribution in [3.8, 4) is 34.1 Å². The molecule has 95 heavy (non-hydrogen) atoms. The van der Waals surface area contributed by atoms with E-state index in [0.29, 0.717) is 23.0 Å². The van der Waals surface area contributed by atoms with Gasteiger partial charge in [0.1, 0.15) is 23.0 Å². The third kappa shape index (κ3) is 20.6. The molecule has 0 spiro atoms. The Morgan fingerprint density at radius 2 is 0.495 bits per heavy atom. The Morgan fingerprint density at radius 1 is 0.284 bits per heavy atom. The number of rotatable bonds is 19. The van der Waals surface area contributed by atoms with E-state index in [-0.39, 0.29) is 53.4 Å². The number of ether oxygens (including phenoxy) is 2. The Kier molecular flexibility index (Phi) is 23.0. The van der Waals surface area contributed by atoms with Crippen LogP contribution in [0.3, 0.4) is 0 Å². The van der Waals surface area contributed by atoms with Crippen molar-refractivity contribution in [3.63, 3.8) is 0 Å². The van der Waals surface area contributed by atoms with Crippen molar-refractivity contribution < 1.29 is 59.9 Å². The smallest absolute Gasteiger partial charge is 0.264 e. The van der Waals surface area contributed by atoms with Gasteiger partial charge in [-0.1, -0.05) is 186 Å². The molecule has 10 rings (SSSR count). The van der Waals surface area contributed by atoms with E-state index in [9.17, 15) is 42.1 Å². The SMILES string of the molecule is CC(C)(C)COS(C)(=O)=O.CC(C)(C)COS(C)(=O)=O.Cc1ccc(/C(=C(\c2ccccc2)c2ccc(-c3ccc(S(=O)(=O)c4ccc(Oc5ccc(S(=O)(=O)c6ccc(Oc7ccc(S(=O)(=O)c8ccc(C)cc8)cc7)cc6)cc5)cc4)cc3)cc2)c2ccccc2)cc1. The molecule has 10 aromatic carbocycles. The lowest BCUT2D eigenvalue weighted by molar-refractivity contribution is 0.205. The van der Waals surface area contributed by atoms with Gasteiger partial charge in [0.15, 0.2) is 0 Å². The first-order valence-electron chi connectivity index (χ1n) is 30.0. The summed E-state index contributed by atoms with van der Waals surface area (Å²) in [6, 6.07) is 75.2. The van der Waals surface area contributed by atoms with Crippen LogP contribution in [0.4, 0.5) is 0 Å². The van der Waals surface area contributed by atoms with E-state index in [4.69, 9.17) is 9.47 Å². The normalized spacial score (nSPS) is 12.4. The van der Waals surface area contributed by atoms with Gasteiger partial charge in [-0.25, -0.2) is 25.3 Å². The van der Waals surface area contributed by atoms with Gasteiger partial charge in [-0.3, -0.25) is 8.37 Å². The first-order valence-corrected chi connectivity index (χ1v) is 38.1. The van der Waals surface area contributed by atoms with Gasteiger partial charge in [-0.2, -0.15) is 16.8 Å². The second-order valence-corrected chi connectivity index (χ2v) is 34.1. The Bertz CT molecular complexity index is 4800. The van der Waals surface area contributed by atoms with E-state index in [0.717, 1.165) is 62.6 Å². The van der Waals surface area contributed by atoms with Crippen molar-refractivity contribution in [3.05, 3.63) is 288 Å². The fourth-order valence-electron chi connectivity index (χ4n) is 9.21. The van der Waals surface area contributed by atoms with Crippen molar-refractivity contribution in [2.75, 3.05) is 25.7 Å². The molecule has 0 atom stereocenters. The quantitative estimate of drug-likeness (QED) is 0.0545. The molecule has 0 fully saturated rings. The lowest BCUT2D eigenvalue weighted by Gasteiger charge is -2.18. The van der Waals surface area contributed by atoms with Crippen LogP contribution in [0.5, 0.6) is 23.0 Å². The van der Waals surface area contributed by atoms with Crippen LogP contribution < -0.4 is 9.47 Å². The molecule has 14 nitrogen and oxygen atoms in total. The maximum absolute atomic E-state index is 13.8. The summed E-state index contributed by atoms with van der Waals surface area (Å²) in [4.78, 5) is 0.640. The minimum absolute atomic E-state index is 0.0408. The van der Waals surface area contributed by atoms with E-state index in [1.165, 1.54) is 78.4 Å². The highest BCUT2D eigenvalue weighted by molar-refractivity contribution is 7.92. The molecule has 0 saturated heterocycles. The number of hydrogen-bond acceptors (Lipinski definition) is 14. The van der Waals surface area contributed by atoms with Crippen LogP contribution in [0.1, 0.15) is 74.9 Å². The highest BCUT2D eigenvalue weighted by Gasteiger charge is 2.23. The van der Waals surface area contributed by atoms with Gasteiger partial charge in [0.2, 0.25) is 29.5 Å². The summed E-state index contributed by atoms with van der Waals surface area (Å²) in [7, 11) is -18.0. The second-order valence-electron chi connectivity index (χ2n) is 24.9. The minimum atomic E-state index is -3.92. The van der Waals surface area contributed by atoms with E-state index in [1.54, 1.807) is 60.7 Å². The van der Waals surface area contributed by atoms with Gasteiger partial charge in [0.05, 0.1) is 55.1 Å². The summed E-state index contributed by atoms with van der Waals surface area (Å²) in [5.74, 6) is 1.45. The van der Waals surface area contributed by atoms with Crippen molar-refractivity contribution in [2.24, 2.45) is 10.8 Å². The Hall–Kier alpha value is -8.79. The third-order valence-electron chi connectivity index (χ3n) is 14.1. The highest BCUT2D eigenvalue weighted by Crippen LogP contribution is 2.39. The van der Waals surface area contributed by atoms with Crippen molar-refractivity contribution in [1.82, 2.24) is 0 Å². The van der Waals surface area contributed by atoms with Crippen LogP contribution in [-0.4, -0.2) is 67.8 Å². The average molecular weight is 1370 g/mol. The molecular formula is C76H76O14S5. The number of aryl methyl sites for hydroxylation is 2. The first-order chi connectivity index (χ1) is 44.6. The zero-order valence-electron chi connectivity index (χ0n) is 54.4. The zero-order chi connectivity index (χ0) is 69.0. The van der Waals surface area contributed by atoms with Gasteiger partial charge in [0.25, 0.3) is 20.2 Å². The monoisotopic (exact) mass is 1370 g/mol. The van der Waals surface area contributed by atoms with Crippen molar-refractivity contribution in [2.45, 2.75) is 84.8 Å². The third-order valence-corrected chi connectivity index (χ3v) is 20.6. The molecule has 0 N–H and O–H groups in total. The highest BCUT2D eigenvalue weighted by atomic mass is 32.2. The lowest BCUT2D eigenvalue weighted by atomic mass is 9.85. The van der Waals surface area contributed by atoms with Gasteiger partial charge in [0, 0.05) is 0 Å². The summed E-state index contributed by atoms with van der Waals surface area (Å²) >= 11 is 0. The van der Waals surface area contributed by atoms with Crippen LogP contribution in [0, 0.1) is 24.7 Å². The fourth-order valence-corrected chi connectivity index (χ4v) is 14.1. The molecule has 0 bridgehead atoms. The number of hydrogen-bond donors (Lipinski definition) is 0. The van der Waals surface area contributed by atoms with Crippen LogP contribution in [0.15, 0.2) is 284 Å². The molecular weight excluding hydrogens is 1300 g/mol. The molecule has 0 amide bonds. The molecule has 0 saturated carbocycles. The average Bonchev–Trinajstić information content (AvgIpc) is 0.818. The Balaban J connectivity index is 0.000000500. The number of sulfone groups is 3. The van der Waals surface area contributed by atoms with Crippen LogP contribution in [0.2, 0.25) is 0 Å². The minimum Gasteiger partial charge on any atom is -0.457 e. The maximum atomic E-state index is 13.8. The lowest BCUT2D eigenvalue weighted by Crippen LogP contribution is -2.17. The van der Waals surface area contributed by atoms with Gasteiger partial charge in [-0.15, -0.1) is 0 Å². The standard InChI is InChI=1S/C64H48O8S3.2C6H14O3S/c1-45-13-17-51(18-14-45)63(49-9-5-3-6-10-49)64(50-11-7-4-8-12-50)52-21-19-47(20-22-52)48-23-35-58(36-24-48)74(67,68)60-39-27-54(28-40-60)72-56-31-43-62(44-32-56)75(69,70)61-41-29-55(30-42-61)71-53-25-37-59(38-26-53)73(65,66)57-33-15-46(2)16-34-57;2*1-6(2,3)5-9-10(4,7)8/h3-44H,1-2H3;2*5H2,1-4H3/b64-63+;;. The fraction of sp³-hybridized carbons (Fsp3) is 0.184. The molecule has 10 aromatic rings. The summed E-state index contributed by atoms with van der Waals surface area (Å²) in [5.41, 5.74) is 10.3. The predicted octanol–water partition coefficient (Wildman–Crippen LogP) is 17.1.